The number of hydrogen-bond acceptors (Lipinski definition) is 4. The quantitative estimate of drug-likeness (QED) is 0.884. The Morgan fingerprint density at radius 1 is 1.04 bits per heavy atom. The molecule has 0 heterocycles. The molecule has 0 saturated carbocycles. The van der Waals surface area contributed by atoms with E-state index in [0.29, 0.717) is 41.5 Å². The number of anilines is 1. The number of hydrogen-bond donors (Lipinski definition) is 1. The van der Waals surface area contributed by atoms with Crippen LogP contribution < -0.4 is 14.8 Å². The van der Waals surface area contributed by atoms with Crippen LogP contribution in [0.4, 0.5) is 5.69 Å². The molecule has 0 bridgehead atoms. The van der Waals surface area contributed by atoms with E-state index in [1.807, 2.05) is 19.9 Å². The van der Waals surface area contributed by atoms with E-state index in [1.54, 1.807) is 42.5 Å². The van der Waals surface area contributed by atoms with Crippen LogP contribution in [-0.2, 0) is 0 Å². The molecule has 0 aliphatic rings. The van der Waals surface area contributed by atoms with Gasteiger partial charge in [-0.15, -0.1) is 0 Å². The largest absolute Gasteiger partial charge is 0.490 e. The van der Waals surface area contributed by atoms with Crippen molar-refractivity contribution in [2.75, 3.05) is 18.5 Å². The van der Waals surface area contributed by atoms with Gasteiger partial charge in [-0.3, -0.25) is 4.79 Å². The van der Waals surface area contributed by atoms with Crippen molar-refractivity contribution in [1.29, 1.82) is 5.26 Å². The van der Waals surface area contributed by atoms with Gasteiger partial charge in [0.05, 0.1) is 24.8 Å². The van der Waals surface area contributed by atoms with E-state index in [4.69, 9.17) is 14.7 Å². The van der Waals surface area contributed by atoms with E-state index in [9.17, 15) is 4.79 Å². The summed E-state index contributed by atoms with van der Waals surface area (Å²) >= 11 is 0. The molecule has 23 heavy (non-hydrogen) atoms. The van der Waals surface area contributed by atoms with Crippen molar-refractivity contribution in [3.8, 4) is 17.6 Å². The summed E-state index contributed by atoms with van der Waals surface area (Å²) in [6, 6.07) is 13.7. The van der Waals surface area contributed by atoms with Gasteiger partial charge in [0.2, 0.25) is 0 Å². The van der Waals surface area contributed by atoms with E-state index in [-0.39, 0.29) is 5.91 Å². The highest BCUT2D eigenvalue weighted by Gasteiger charge is 2.10. The van der Waals surface area contributed by atoms with Crippen molar-refractivity contribution < 1.29 is 14.3 Å². The van der Waals surface area contributed by atoms with E-state index in [0.717, 1.165) is 0 Å². The molecular weight excluding hydrogens is 292 g/mol. The summed E-state index contributed by atoms with van der Waals surface area (Å²) in [5.74, 6) is 0.985. The Balaban J connectivity index is 2.16. The molecule has 2 rings (SSSR count). The fourth-order valence-electron chi connectivity index (χ4n) is 2.03. The predicted octanol–water partition coefficient (Wildman–Crippen LogP) is 3.61. The summed E-state index contributed by atoms with van der Waals surface area (Å²) in [4.78, 5) is 12.2. The SMILES string of the molecule is CCOc1ccc(NC(=O)c2ccc(C#N)cc2)cc1OCC. The molecule has 2 aromatic rings. The minimum Gasteiger partial charge on any atom is -0.490 e. The second-order valence-corrected chi connectivity index (χ2v) is 4.67. The Labute approximate surface area is 135 Å². The van der Waals surface area contributed by atoms with Gasteiger partial charge in [-0.05, 0) is 50.2 Å². The first-order chi connectivity index (χ1) is 11.2. The molecule has 2 aromatic carbocycles. The Morgan fingerprint density at radius 3 is 2.30 bits per heavy atom. The van der Waals surface area contributed by atoms with Gasteiger partial charge >= 0.3 is 0 Å². The first-order valence-corrected chi connectivity index (χ1v) is 7.39. The number of ether oxygens (including phenoxy) is 2. The zero-order valence-electron chi connectivity index (χ0n) is 13.1. The summed E-state index contributed by atoms with van der Waals surface area (Å²) in [6.45, 7) is 4.83. The summed E-state index contributed by atoms with van der Waals surface area (Å²) in [7, 11) is 0. The molecule has 1 N–H and O–H groups in total. The van der Waals surface area contributed by atoms with E-state index >= 15 is 0 Å². The monoisotopic (exact) mass is 310 g/mol. The van der Waals surface area contributed by atoms with E-state index in [2.05, 4.69) is 5.32 Å². The average molecular weight is 310 g/mol. The highest BCUT2D eigenvalue weighted by Crippen LogP contribution is 2.30. The van der Waals surface area contributed by atoms with Crippen LogP contribution in [0.15, 0.2) is 42.5 Å². The number of carbonyl (C=O) groups is 1. The summed E-state index contributed by atoms with van der Waals surface area (Å²) in [6.07, 6.45) is 0. The lowest BCUT2D eigenvalue weighted by atomic mass is 10.1. The second kappa shape index (κ2) is 7.85. The normalized spacial score (nSPS) is 9.78. The highest BCUT2D eigenvalue weighted by molar-refractivity contribution is 6.04. The van der Waals surface area contributed by atoms with Gasteiger partial charge in [0.1, 0.15) is 0 Å². The van der Waals surface area contributed by atoms with Gasteiger partial charge in [0.15, 0.2) is 11.5 Å². The third-order valence-electron chi connectivity index (χ3n) is 3.08. The second-order valence-electron chi connectivity index (χ2n) is 4.67. The van der Waals surface area contributed by atoms with Crippen molar-refractivity contribution in [1.82, 2.24) is 0 Å². The van der Waals surface area contributed by atoms with Crippen molar-refractivity contribution in [2.45, 2.75) is 13.8 Å². The molecule has 0 fully saturated rings. The molecule has 0 aliphatic carbocycles. The van der Waals surface area contributed by atoms with Gasteiger partial charge < -0.3 is 14.8 Å². The lowest BCUT2D eigenvalue weighted by molar-refractivity contribution is 0.102. The van der Waals surface area contributed by atoms with E-state index < -0.39 is 0 Å². The number of carbonyl (C=O) groups excluding carboxylic acids is 1. The maximum absolute atomic E-state index is 12.2. The summed E-state index contributed by atoms with van der Waals surface area (Å²) in [5.41, 5.74) is 1.61. The molecule has 0 radical (unpaired) electrons. The molecule has 0 aromatic heterocycles. The Hall–Kier alpha value is -3.00. The van der Waals surface area contributed by atoms with Gasteiger partial charge in [0.25, 0.3) is 5.91 Å². The van der Waals surface area contributed by atoms with Crippen LogP contribution in [0.1, 0.15) is 29.8 Å². The third-order valence-corrected chi connectivity index (χ3v) is 3.08. The molecule has 0 unspecified atom stereocenters. The summed E-state index contributed by atoms with van der Waals surface area (Å²) in [5, 5.41) is 11.6. The number of nitrogens with one attached hydrogen (secondary N) is 1. The van der Waals surface area contributed by atoms with Crippen molar-refractivity contribution in [3.63, 3.8) is 0 Å². The zero-order valence-corrected chi connectivity index (χ0v) is 13.1. The molecule has 0 atom stereocenters. The van der Waals surface area contributed by atoms with Crippen LogP contribution >= 0.6 is 0 Å². The lowest BCUT2D eigenvalue weighted by Crippen LogP contribution is -2.12. The maximum Gasteiger partial charge on any atom is 0.255 e. The van der Waals surface area contributed by atoms with Crippen LogP contribution in [0.5, 0.6) is 11.5 Å². The Morgan fingerprint density at radius 2 is 1.70 bits per heavy atom. The van der Waals surface area contributed by atoms with Crippen molar-refractivity contribution in [3.05, 3.63) is 53.6 Å². The van der Waals surface area contributed by atoms with Crippen molar-refractivity contribution in [2.24, 2.45) is 0 Å². The molecule has 0 aliphatic heterocycles. The smallest absolute Gasteiger partial charge is 0.255 e. The van der Waals surface area contributed by atoms with Crippen LogP contribution in [-0.4, -0.2) is 19.1 Å². The molecule has 0 spiro atoms. The van der Waals surface area contributed by atoms with Crippen LogP contribution in [0.25, 0.3) is 0 Å². The molecule has 1 amide bonds. The zero-order chi connectivity index (χ0) is 16.7. The fraction of sp³-hybridized carbons (Fsp3) is 0.222. The minimum absolute atomic E-state index is 0.249. The first-order valence-electron chi connectivity index (χ1n) is 7.39. The first kappa shape index (κ1) is 16.4. The highest BCUT2D eigenvalue weighted by atomic mass is 16.5. The lowest BCUT2D eigenvalue weighted by Gasteiger charge is -2.13. The predicted molar refractivity (Wildman–Crippen MR) is 87.9 cm³/mol. The maximum atomic E-state index is 12.2. The number of nitrogens with zero attached hydrogens (tertiary/aromatic N) is 1. The molecule has 5 nitrogen and oxygen atoms in total. The summed E-state index contributed by atoms with van der Waals surface area (Å²) < 4.78 is 11.0. The third kappa shape index (κ3) is 4.24. The number of benzene rings is 2. The molecule has 118 valence electrons. The van der Waals surface area contributed by atoms with Crippen LogP contribution in [0.3, 0.4) is 0 Å². The van der Waals surface area contributed by atoms with Crippen molar-refractivity contribution >= 4 is 11.6 Å². The standard InChI is InChI=1S/C18H18N2O3/c1-3-22-16-10-9-15(11-17(16)23-4-2)20-18(21)14-7-5-13(12-19)6-8-14/h5-11H,3-4H2,1-2H3,(H,20,21). The molecule has 5 heteroatoms. The molecule has 0 saturated heterocycles. The Bertz CT molecular complexity index is 718. The topological polar surface area (TPSA) is 71.3 Å². The van der Waals surface area contributed by atoms with Crippen LogP contribution in [0.2, 0.25) is 0 Å². The number of nitriles is 1. The van der Waals surface area contributed by atoms with Gasteiger partial charge in [-0.2, -0.15) is 5.26 Å². The average Bonchev–Trinajstić information content (AvgIpc) is 2.57. The minimum atomic E-state index is -0.249. The van der Waals surface area contributed by atoms with Gasteiger partial charge in [-0.1, -0.05) is 0 Å². The van der Waals surface area contributed by atoms with Crippen LogP contribution in [0, 0.1) is 11.3 Å². The van der Waals surface area contributed by atoms with Gasteiger partial charge in [0, 0.05) is 17.3 Å². The fourth-order valence-corrected chi connectivity index (χ4v) is 2.03. The van der Waals surface area contributed by atoms with E-state index in [1.165, 1.54) is 0 Å². The number of amides is 1. The molecular formula is C18H18N2O3. The number of rotatable bonds is 6. The Kier molecular flexibility index (Phi) is 5.59. The van der Waals surface area contributed by atoms with Gasteiger partial charge in [-0.25, -0.2) is 0 Å².